The maximum atomic E-state index is 13.2. The van der Waals surface area contributed by atoms with Gasteiger partial charge in [0.2, 0.25) is 12.4 Å². The summed E-state index contributed by atoms with van der Waals surface area (Å²) in [5, 5.41) is 2.52. The molecule has 0 atom stereocenters. The van der Waals surface area contributed by atoms with Crippen LogP contribution in [0, 0.1) is 12.8 Å². The van der Waals surface area contributed by atoms with Crippen LogP contribution in [0.3, 0.4) is 0 Å². The van der Waals surface area contributed by atoms with Crippen LogP contribution in [-0.2, 0) is 11.3 Å². The Morgan fingerprint density at radius 1 is 1.14 bits per heavy atom. The highest BCUT2D eigenvalue weighted by Gasteiger charge is 2.31. The average molecular weight is 514 g/mol. The molecule has 0 bridgehead atoms. The molecule has 3 heterocycles. The molecular formula is C26H29F2N5O4. The van der Waals surface area contributed by atoms with Crippen LogP contribution in [-0.4, -0.2) is 71.7 Å². The van der Waals surface area contributed by atoms with Gasteiger partial charge in [-0.2, -0.15) is 0 Å². The van der Waals surface area contributed by atoms with Gasteiger partial charge in [0.25, 0.3) is 0 Å². The van der Waals surface area contributed by atoms with Crippen molar-refractivity contribution in [2.24, 2.45) is 5.92 Å². The molecule has 5 rings (SSSR count). The lowest BCUT2D eigenvalue weighted by atomic mass is 9.97. The number of amides is 3. The van der Waals surface area contributed by atoms with E-state index in [4.69, 9.17) is 4.74 Å². The monoisotopic (exact) mass is 513 g/mol. The molecule has 196 valence electrons. The Kier molecular flexibility index (Phi) is 6.86. The topological polar surface area (TPSA) is 99.8 Å². The maximum absolute atomic E-state index is 13.2. The maximum Gasteiger partial charge on any atom is 0.413 e. The van der Waals surface area contributed by atoms with E-state index in [1.165, 1.54) is 7.11 Å². The smallest absolute Gasteiger partial charge is 0.413 e. The molecule has 11 heteroatoms. The number of anilines is 1. The number of halogens is 2. The van der Waals surface area contributed by atoms with Gasteiger partial charge in [0.1, 0.15) is 12.4 Å². The summed E-state index contributed by atoms with van der Waals surface area (Å²) in [5.74, 6) is 0.418. The molecule has 0 saturated carbocycles. The molecule has 1 fully saturated rings. The first-order chi connectivity index (χ1) is 17.8. The number of hydrogen-bond donors (Lipinski definition) is 2. The Morgan fingerprint density at radius 3 is 2.65 bits per heavy atom. The third-order valence-electron chi connectivity index (χ3n) is 6.98. The van der Waals surface area contributed by atoms with Gasteiger partial charge in [-0.25, -0.2) is 23.4 Å². The summed E-state index contributed by atoms with van der Waals surface area (Å²) >= 11 is 0. The van der Waals surface area contributed by atoms with Crippen molar-refractivity contribution in [3.05, 3.63) is 41.5 Å². The van der Waals surface area contributed by atoms with E-state index in [-0.39, 0.29) is 12.0 Å². The number of aromatic amines is 1. The molecule has 2 aliphatic heterocycles. The second-order valence-corrected chi connectivity index (χ2v) is 9.43. The normalized spacial score (nSPS) is 16.4. The second kappa shape index (κ2) is 10.2. The Hall–Kier alpha value is -3.89. The fourth-order valence-corrected chi connectivity index (χ4v) is 4.98. The van der Waals surface area contributed by atoms with Gasteiger partial charge in [0, 0.05) is 24.6 Å². The Labute approximate surface area is 212 Å². The highest BCUT2D eigenvalue weighted by molar-refractivity contribution is 5.88. The van der Waals surface area contributed by atoms with Gasteiger partial charge in [-0.15, -0.1) is 0 Å². The van der Waals surface area contributed by atoms with Crippen LogP contribution in [0.5, 0.6) is 5.75 Å². The van der Waals surface area contributed by atoms with Gasteiger partial charge in [0.05, 0.1) is 31.2 Å². The number of nitrogens with one attached hydrogen (secondary N) is 2. The fourth-order valence-electron chi connectivity index (χ4n) is 4.98. The van der Waals surface area contributed by atoms with E-state index in [0.717, 1.165) is 33.5 Å². The van der Waals surface area contributed by atoms with Crippen LogP contribution in [0.25, 0.3) is 22.2 Å². The summed E-state index contributed by atoms with van der Waals surface area (Å²) in [6.07, 6.45) is -2.31. The quantitative estimate of drug-likeness (QED) is 0.513. The number of hydrogen-bond acceptors (Lipinski definition) is 5. The number of rotatable bonds is 3. The van der Waals surface area contributed by atoms with Crippen molar-refractivity contribution in [2.45, 2.75) is 32.7 Å². The lowest BCUT2D eigenvalue weighted by molar-refractivity contribution is 0.0374. The number of urea groups is 1. The first-order valence-electron chi connectivity index (χ1n) is 12.3. The minimum absolute atomic E-state index is 0.142. The Balaban J connectivity index is 1.37. The molecule has 3 aromatic rings. The zero-order valence-corrected chi connectivity index (χ0v) is 20.7. The summed E-state index contributed by atoms with van der Waals surface area (Å²) in [6, 6.07) is 9.66. The molecule has 3 amide bonds. The van der Waals surface area contributed by atoms with Crippen LogP contribution >= 0.6 is 0 Å². The standard InChI is InChI=1S/C26H29F2N5O4/c1-15-11-18(17-3-4-20-21(13-17)30-24(29-20)31-25(34)36-2)12-19-14-33(9-10-37-22(15)19)26(35)32-7-5-16(6-8-32)23(27)28/h3-4,11-13,16,23H,5-10,14H2,1-2H3,(H2,29,30,31,34). The molecule has 2 aliphatic rings. The van der Waals surface area contributed by atoms with E-state index in [0.29, 0.717) is 51.1 Å². The zero-order chi connectivity index (χ0) is 26.1. The van der Waals surface area contributed by atoms with Crippen LogP contribution < -0.4 is 10.1 Å². The van der Waals surface area contributed by atoms with Crippen molar-refractivity contribution in [3.8, 4) is 16.9 Å². The Morgan fingerprint density at radius 2 is 1.92 bits per heavy atom. The summed E-state index contributed by atoms with van der Waals surface area (Å²) in [5.41, 5.74) is 5.17. The molecule has 2 N–H and O–H groups in total. The fraction of sp³-hybridized carbons (Fsp3) is 0.423. The second-order valence-electron chi connectivity index (χ2n) is 9.43. The SMILES string of the molecule is COC(=O)Nc1nc2ccc(-c3cc(C)c4c(c3)CN(C(=O)N3CCC(C(F)F)CC3)CCO4)cc2[nH]1. The number of carbonyl (C=O) groups is 2. The van der Waals surface area contributed by atoms with Gasteiger partial charge in [-0.3, -0.25) is 5.32 Å². The lowest BCUT2D eigenvalue weighted by Gasteiger charge is -2.35. The van der Waals surface area contributed by atoms with E-state index in [9.17, 15) is 18.4 Å². The average Bonchev–Trinajstić information content (AvgIpc) is 3.16. The predicted octanol–water partition coefficient (Wildman–Crippen LogP) is 5.01. The van der Waals surface area contributed by atoms with Gasteiger partial charge < -0.3 is 24.3 Å². The molecule has 2 aromatic carbocycles. The number of alkyl halides is 2. The number of ether oxygens (including phenoxy) is 2. The molecule has 0 aliphatic carbocycles. The van der Waals surface area contributed by atoms with Crippen molar-refractivity contribution in [1.29, 1.82) is 0 Å². The van der Waals surface area contributed by atoms with Crippen molar-refractivity contribution in [3.63, 3.8) is 0 Å². The van der Waals surface area contributed by atoms with E-state index in [1.54, 1.807) is 9.80 Å². The number of methoxy groups -OCH3 is 1. The van der Waals surface area contributed by atoms with E-state index >= 15 is 0 Å². The van der Waals surface area contributed by atoms with Crippen molar-refractivity contribution < 1.29 is 27.8 Å². The largest absolute Gasteiger partial charge is 0.491 e. The van der Waals surface area contributed by atoms with Gasteiger partial charge in [-0.05, 0) is 60.7 Å². The minimum atomic E-state index is -2.34. The van der Waals surface area contributed by atoms with Crippen molar-refractivity contribution in [2.75, 3.05) is 38.7 Å². The molecule has 9 nitrogen and oxygen atoms in total. The van der Waals surface area contributed by atoms with Crippen LogP contribution in [0.4, 0.5) is 24.3 Å². The third kappa shape index (κ3) is 5.16. The van der Waals surface area contributed by atoms with E-state index in [2.05, 4.69) is 20.0 Å². The number of carbonyl (C=O) groups excluding carboxylic acids is 2. The number of likely N-dealkylation sites (tertiary alicyclic amines) is 1. The number of aromatic nitrogens is 2. The van der Waals surface area contributed by atoms with Crippen molar-refractivity contribution >= 4 is 29.1 Å². The lowest BCUT2D eigenvalue weighted by Crippen LogP contribution is -2.47. The number of fused-ring (bicyclic) bond motifs is 2. The summed E-state index contributed by atoms with van der Waals surface area (Å²) < 4.78 is 36.7. The van der Waals surface area contributed by atoms with Crippen LogP contribution in [0.15, 0.2) is 30.3 Å². The highest BCUT2D eigenvalue weighted by Crippen LogP contribution is 2.34. The highest BCUT2D eigenvalue weighted by atomic mass is 19.3. The Bertz CT molecular complexity index is 1320. The van der Waals surface area contributed by atoms with Crippen LogP contribution in [0.2, 0.25) is 0 Å². The number of piperidine rings is 1. The molecule has 37 heavy (non-hydrogen) atoms. The van der Waals surface area contributed by atoms with Gasteiger partial charge >= 0.3 is 12.1 Å². The molecule has 0 spiro atoms. The number of benzene rings is 2. The third-order valence-corrected chi connectivity index (χ3v) is 6.98. The van der Waals surface area contributed by atoms with E-state index in [1.807, 2.05) is 37.3 Å². The van der Waals surface area contributed by atoms with Gasteiger partial charge in [0.15, 0.2) is 0 Å². The number of H-pyrrole nitrogens is 1. The van der Waals surface area contributed by atoms with Crippen LogP contribution in [0.1, 0.15) is 24.0 Å². The predicted molar refractivity (Wildman–Crippen MR) is 134 cm³/mol. The zero-order valence-electron chi connectivity index (χ0n) is 20.7. The van der Waals surface area contributed by atoms with Crippen molar-refractivity contribution in [1.82, 2.24) is 19.8 Å². The molecule has 0 radical (unpaired) electrons. The first-order valence-corrected chi connectivity index (χ1v) is 12.3. The molecule has 1 saturated heterocycles. The number of nitrogens with zero attached hydrogens (tertiary/aromatic N) is 3. The molecular weight excluding hydrogens is 484 g/mol. The molecule has 0 unspecified atom stereocenters. The summed E-state index contributed by atoms with van der Waals surface area (Å²) in [7, 11) is 1.28. The first kappa shape index (κ1) is 24.8. The molecule has 1 aromatic heterocycles. The van der Waals surface area contributed by atoms with E-state index < -0.39 is 18.4 Å². The summed E-state index contributed by atoms with van der Waals surface area (Å²) in [4.78, 5) is 35.6. The number of aryl methyl sites for hydroxylation is 1. The number of imidazole rings is 1. The minimum Gasteiger partial charge on any atom is -0.491 e. The summed E-state index contributed by atoms with van der Waals surface area (Å²) in [6.45, 7) is 3.82. The van der Waals surface area contributed by atoms with Gasteiger partial charge in [-0.1, -0.05) is 6.07 Å².